The molecule has 22 heavy (non-hydrogen) atoms. The number of rotatable bonds is 6. The Kier molecular flexibility index (Phi) is 7.94. The minimum atomic E-state index is 0. The molecule has 1 unspecified atom stereocenters. The Labute approximate surface area is 148 Å². The molecule has 0 aromatic heterocycles. The van der Waals surface area contributed by atoms with Gasteiger partial charge >= 0.3 is 0 Å². The van der Waals surface area contributed by atoms with E-state index in [9.17, 15) is 0 Å². The number of hydrogen-bond acceptors (Lipinski definition) is 2. The second-order valence-electron chi connectivity index (χ2n) is 5.46. The normalized spacial score (nSPS) is 11.9. The molecule has 0 fully saturated rings. The number of nitrogens with zero attached hydrogens (tertiary/aromatic N) is 1. The molecule has 0 saturated heterocycles. The van der Waals surface area contributed by atoms with Crippen molar-refractivity contribution in [3.8, 4) is 16.9 Å². The summed E-state index contributed by atoms with van der Waals surface area (Å²) in [7, 11) is 4.19. The molecule has 120 valence electrons. The van der Waals surface area contributed by atoms with E-state index in [1.807, 2.05) is 30.3 Å². The van der Waals surface area contributed by atoms with Gasteiger partial charge in [0.1, 0.15) is 5.75 Å². The predicted molar refractivity (Wildman–Crippen MR) is 100 cm³/mol. The van der Waals surface area contributed by atoms with Crippen LogP contribution in [0.5, 0.6) is 5.75 Å². The van der Waals surface area contributed by atoms with Crippen molar-refractivity contribution in [2.24, 2.45) is 0 Å². The molecule has 0 N–H and O–H groups in total. The SMILES string of the molecule is CC(CCOc1ccc(Br)cc1-c1ccccc1)N(C)C.Cl. The average molecular weight is 385 g/mol. The summed E-state index contributed by atoms with van der Waals surface area (Å²) in [5.74, 6) is 0.940. The second kappa shape index (κ2) is 9.19. The molecular weight excluding hydrogens is 362 g/mol. The highest BCUT2D eigenvalue weighted by molar-refractivity contribution is 9.10. The fraction of sp³-hybridized carbons (Fsp3) is 0.333. The third-order valence-corrected chi connectivity index (χ3v) is 4.19. The highest BCUT2D eigenvalue weighted by atomic mass is 79.9. The summed E-state index contributed by atoms with van der Waals surface area (Å²) >= 11 is 3.54. The van der Waals surface area contributed by atoms with Crippen molar-refractivity contribution in [3.63, 3.8) is 0 Å². The Morgan fingerprint density at radius 2 is 1.77 bits per heavy atom. The molecule has 0 aliphatic rings. The Hall–Kier alpha value is -1.03. The molecule has 2 rings (SSSR count). The van der Waals surface area contributed by atoms with E-state index in [1.54, 1.807) is 0 Å². The van der Waals surface area contributed by atoms with Crippen molar-refractivity contribution in [1.29, 1.82) is 0 Å². The molecule has 0 bridgehead atoms. The molecule has 1 atom stereocenters. The first-order chi connectivity index (χ1) is 10.1. The van der Waals surface area contributed by atoms with Gasteiger partial charge in [0.25, 0.3) is 0 Å². The van der Waals surface area contributed by atoms with Crippen molar-refractivity contribution in [3.05, 3.63) is 53.0 Å². The molecule has 2 aromatic rings. The third-order valence-electron chi connectivity index (χ3n) is 3.70. The van der Waals surface area contributed by atoms with Gasteiger partial charge in [-0.15, -0.1) is 12.4 Å². The van der Waals surface area contributed by atoms with E-state index in [-0.39, 0.29) is 12.4 Å². The van der Waals surface area contributed by atoms with Gasteiger partial charge in [0.15, 0.2) is 0 Å². The smallest absolute Gasteiger partial charge is 0.127 e. The van der Waals surface area contributed by atoms with Gasteiger partial charge in [-0.25, -0.2) is 0 Å². The van der Waals surface area contributed by atoms with Crippen LogP contribution < -0.4 is 4.74 Å². The van der Waals surface area contributed by atoms with E-state index < -0.39 is 0 Å². The van der Waals surface area contributed by atoms with Crippen molar-refractivity contribution in [1.82, 2.24) is 4.90 Å². The number of benzene rings is 2. The Balaban J connectivity index is 0.00000242. The summed E-state index contributed by atoms with van der Waals surface area (Å²) in [6.45, 7) is 2.93. The quantitative estimate of drug-likeness (QED) is 0.674. The topological polar surface area (TPSA) is 12.5 Å². The van der Waals surface area contributed by atoms with E-state index >= 15 is 0 Å². The fourth-order valence-corrected chi connectivity index (χ4v) is 2.43. The van der Waals surface area contributed by atoms with Gasteiger partial charge in [-0.05, 0) is 51.2 Å². The van der Waals surface area contributed by atoms with E-state index in [2.05, 4.69) is 60.0 Å². The van der Waals surface area contributed by atoms with Crippen LogP contribution in [0.4, 0.5) is 0 Å². The van der Waals surface area contributed by atoms with E-state index in [1.165, 1.54) is 5.56 Å². The lowest BCUT2D eigenvalue weighted by molar-refractivity contribution is 0.234. The lowest BCUT2D eigenvalue weighted by Gasteiger charge is -2.20. The molecule has 0 amide bonds. The van der Waals surface area contributed by atoms with Crippen LogP contribution in [0, 0.1) is 0 Å². The van der Waals surface area contributed by atoms with Crippen molar-refractivity contribution < 1.29 is 4.74 Å². The first kappa shape index (κ1) is 19.0. The zero-order valence-electron chi connectivity index (χ0n) is 13.3. The Morgan fingerprint density at radius 1 is 1.09 bits per heavy atom. The zero-order valence-corrected chi connectivity index (χ0v) is 15.7. The fourth-order valence-electron chi connectivity index (χ4n) is 2.07. The van der Waals surface area contributed by atoms with Crippen LogP contribution in [0.2, 0.25) is 0 Å². The monoisotopic (exact) mass is 383 g/mol. The molecule has 2 aromatic carbocycles. The number of halogens is 2. The molecule has 0 saturated carbocycles. The van der Waals surface area contributed by atoms with Gasteiger partial charge in [-0.3, -0.25) is 0 Å². The summed E-state index contributed by atoms with van der Waals surface area (Å²) < 4.78 is 7.09. The van der Waals surface area contributed by atoms with Crippen LogP contribution in [0.3, 0.4) is 0 Å². The van der Waals surface area contributed by atoms with Crippen molar-refractivity contribution in [2.45, 2.75) is 19.4 Å². The summed E-state index contributed by atoms with van der Waals surface area (Å²) in [5.41, 5.74) is 2.30. The largest absolute Gasteiger partial charge is 0.493 e. The third kappa shape index (κ3) is 5.31. The molecule has 0 radical (unpaired) electrons. The molecule has 4 heteroatoms. The van der Waals surface area contributed by atoms with Crippen LogP contribution in [0.15, 0.2) is 53.0 Å². The standard InChI is InChI=1S/C18H22BrNO.ClH/c1-14(20(2)3)11-12-21-18-10-9-16(19)13-17(18)15-7-5-4-6-8-15;/h4-10,13-14H,11-12H2,1-3H3;1H. The molecule has 0 heterocycles. The second-order valence-corrected chi connectivity index (χ2v) is 6.37. The molecule has 0 aliphatic heterocycles. The van der Waals surface area contributed by atoms with Gasteiger partial charge < -0.3 is 9.64 Å². The summed E-state index contributed by atoms with van der Waals surface area (Å²) in [4.78, 5) is 2.21. The number of ether oxygens (including phenoxy) is 1. The van der Waals surface area contributed by atoms with Gasteiger partial charge in [0.05, 0.1) is 6.61 Å². The number of hydrogen-bond donors (Lipinski definition) is 0. The van der Waals surface area contributed by atoms with Gasteiger partial charge in [-0.1, -0.05) is 46.3 Å². The highest BCUT2D eigenvalue weighted by Gasteiger charge is 2.09. The van der Waals surface area contributed by atoms with E-state index in [0.29, 0.717) is 6.04 Å². The lowest BCUT2D eigenvalue weighted by atomic mass is 10.0. The first-order valence-electron chi connectivity index (χ1n) is 7.22. The Bertz CT molecular complexity index is 575. The average Bonchev–Trinajstić information content (AvgIpc) is 2.49. The van der Waals surface area contributed by atoms with Crippen molar-refractivity contribution in [2.75, 3.05) is 20.7 Å². The minimum Gasteiger partial charge on any atom is -0.493 e. The lowest BCUT2D eigenvalue weighted by Crippen LogP contribution is -2.26. The van der Waals surface area contributed by atoms with Gasteiger partial charge in [0.2, 0.25) is 0 Å². The van der Waals surface area contributed by atoms with E-state index in [0.717, 1.165) is 28.8 Å². The maximum absolute atomic E-state index is 6.02. The predicted octanol–water partition coefficient (Wildman–Crippen LogP) is 5.26. The first-order valence-corrected chi connectivity index (χ1v) is 8.01. The summed E-state index contributed by atoms with van der Waals surface area (Å²) in [6, 6.07) is 17.0. The highest BCUT2D eigenvalue weighted by Crippen LogP contribution is 2.32. The molecule has 0 aliphatic carbocycles. The molecule has 2 nitrogen and oxygen atoms in total. The van der Waals surface area contributed by atoms with Crippen LogP contribution in [0.25, 0.3) is 11.1 Å². The van der Waals surface area contributed by atoms with Crippen LogP contribution >= 0.6 is 28.3 Å². The molecular formula is C18H23BrClNO. The van der Waals surface area contributed by atoms with Gasteiger partial charge in [-0.2, -0.15) is 0 Å². The maximum Gasteiger partial charge on any atom is 0.127 e. The van der Waals surface area contributed by atoms with Crippen LogP contribution in [-0.4, -0.2) is 31.6 Å². The zero-order chi connectivity index (χ0) is 15.2. The minimum absolute atomic E-state index is 0. The van der Waals surface area contributed by atoms with Crippen LogP contribution in [0.1, 0.15) is 13.3 Å². The van der Waals surface area contributed by atoms with E-state index in [4.69, 9.17) is 4.74 Å². The van der Waals surface area contributed by atoms with Crippen LogP contribution in [-0.2, 0) is 0 Å². The summed E-state index contributed by atoms with van der Waals surface area (Å²) in [5, 5.41) is 0. The molecule has 0 spiro atoms. The van der Waals surface area contributed by atoms with Crippen molar-refractivity contribution >= 4 is 28.3 Å². The Morgan fingerprint density at radius 3 is 2.41 bits per heavy atom. The maximum atomic E-state index is 6.02. The summed E-state index contributed by atoms with van der Waals surface area (Å²) in [6.07, 6.45) is 1.01. The van der Waals surface area contributed by atoms with Gasteiger partial charge in [0, 0.05) is 16.1 Å².